The summed E-state index contributed by atoms with van der Waals surface area (Å²) in [7, 11) is 0. The van der Waals surface area contributed by atoms with E-state index in [0.29, 0.717) is 11.1 Å². The van der Waals surface area contributed by atoms with Gasteiger partial charge in [0.25, 0.3) is 5.91 Å². The van der Waals surface area contributed by atoms with Crippen LogP contribution in [0, 0.1) is 0 Å². The third-order valence-corrected chi connectivity index (χ3v) is 2.48. The summed E-state index contributed by atoms with van der Waals surface area (Å²) in [5.74, 6) is -1.47. The number of rotatable bonds is 4. The number of aromatic nitrogens is 1. The molecule has 1 aromatic heterocycles. The number of aromatic carboxylic acids is 1. The normalized spacial score (nSPS) is 10.4. The number of carbonyl (C=O) groups is 2. The largest absolute Gasteiger partial charge is 0.478 e. The molecule has 2 rings (SSSR count). The molecule has 1 heterocycles. The van der Waals surface area contributed by atoms with Crippen LogP contribution in [0.2, 0.25) is 0 Å². The first kappa shape index (κ1) is 13.4. The van der Waals surface area contributed by atoms with Crippen molar-refractivity contribution in [1.82, 2.24) is 10.4 Å². The Kier molecular flexibility index (Phi) is 4.18. The smallest absolute Gasteiger partial charge is 0.336 e. The van der Waals surface area contributed by atoms with Crippen LogP contribution < -0.4 is 5.43 Å². The van der Waals surface area contributed by atoms with Crippen LogP contribution in [-0.4, -0.2) is 28.2 Å². The number of carboxylic acids is 1. The van der Waals surface area contributed by atoms with Gasteiger partial charge in [0.15, 0.2) is 0 Å². The second-order valence-electron chi connectivity index (χ2n) is 3.83. The molecule has 0 unspecified atom stereocenters. The van der Waals surface area contributed by atoms with Crippen LogP contribution in [0.4, 0.5) is 0 Å². The molecular formula is C14H11N3O3. The Hall–Kier alpha value is -3.02. The molecule has 0 spiro atoms. The molecule has 0 saturated carbocycles. The molecule has 0 saturated heterocycles. The number of hydrogen-bond donors (Lipinski definition) is 2. The molecule has 0 fully saturated rings. The second kappa shape index (κ2) is 6.24. The summed E-state index contributed by atoms with van der Waals surface area (Å²) >= 11 is 0. The number of carbonyl (C=O) groups excluding carboxylic acids is 1. The first-order valence-electron chi connectivity index (χ1n) is 5.74. The molecule has 0 atom stereocenters. The van der Waals surface area contributed by atoms with E-state index in [-0.39, 0.29) is 5.56 Å². The molecule has 20 heavy (non-hydrogen) atoms. The molecule has 1 amide bonds. The van der Waals surface area contributed by atoms with Gasteiger partial charge >= 0.3 is 5.97 Å². The maximum absolute atomic E-state index is 11.7. The number of carboxylic acid groups (broad SMARTS) is 1. The number of nitrogens with one attached hydrogen (secondary N) is 1. The van der Waals surface area contributed by atoms with Gasteiger partial charge in [0.05, 0.1) is 17.3 Å². The molecule has 1 aromatic carbocycles. The minimum atomic E-state index is -1.05. The topological polar surface area (TPSA) is 91.7 Å². The Morgan fingerprint density at radius 2 is 2.00 bits per heavy atom. The van der Waals surface area contributed by atoms with E-state index in [1.54, 1.807) is 36.5 Å². The van der Waals surface area contributed by atoms with E-state index >= 15 is 0 Å². The molecule has 6 nitrogen and oxygen atoms in total. The molecule has 6 heteroatoms. The van der Waals surface area contributed by atoms with Gasteiger partial charge in [0, 0.05) is 18.0 Å². The number of benzene rings is 1. The minimum absolute atomic E-state index is 0.117. The quantitative estimate of drug-likeness (QED) is 0.650. The lowest BCUT2D eigenvalue weighted by molar-refractivity contribution is 0.0696. The Labute approximate surface area is 114 Å². The van der Waals surface area contributed by atoms with Gasteiger partial charge in [-0.15, -0.1) is 0 Å². The van der Waals surface area contributed by atoms with Crippen LogP contribution in [0.3, 0.4) is 0 Å². The SMILES string of the molecule is O=C(NN=Cc1ccccc1C(=O)O)c1cccnc1. The molecular weight excluding hydrogens is 258 g/mol. The van der Waals surface area contributed by atoms with Gasteiger partial charge in [-0.05, 0) is 18.2 Å². The van der Waals surface area contributed by atoms with Gasteiger partial charge in [0.1, 0.15) is 0 Å². The number of pyridine rings is 1. The predicted octanol–water partition coefficient (Wildman–Crippen LogP) is 1.54. The van der Waals surface area contributed by atoms with Gasteiger partial charge < -0.3 is 5.11 Å². The average molecular weight is 269 g/mol. The fraction of sp³-hybridized carbons (Fsp3) is 0. The molecule has 0 aliphatic heterocycles. The number of amides is 1. The number of hydrazone groups is 1. The highest BCUT2D eigenvalue weighted by atomic mass is 16.4. The Morgan fingerprint density at radius 1 is 1.20 bits per heavy atom. The van der Waals surface area contributed by atoms with Crippen molar-refractivity contribution in [2.24, 2.45) is 5.10 Å². The van der Waals surface area contributed by atoms with Crippen molar-refractivity contribution in [2.75, 3.05) is 0 Å². The van der Waals surface area contributed by atoms with Crippen LogP contribution in [0.1, 0.15) is 26.3 Å². The van der Waals surface area contributed by atoms with Gasteiger partial charge in [-0.2, -0.15) is 5.10 Å². The van der Waals surface area contributed by atoms with Gasteiger partial charge in [-0.1, -0.05) is 18.2 Å². The van der Waals surface area contributed by atoms with Crippen molar-refractivity contribution in [3.8, 4) is 0 Å². The number of nitrogens with zero attached hydrogens (tertiary/aromatic N) is 2. The highest BCUT2D eigenvalue weighted by Crippen LogP contribution is 2.05. The summed E-state index contributed by atoms with van der Waals surface area (Å²) in [6.07, 6.45) is 4.26. The van der Waals surface area contributed by atoms with Crippen molar-refractivity contribution >= 4 is 18.1 Å². The molecule has 2 aromatic rings. The maximum Gasteiger partial charge on any atom is 0.336 e. The van der Waals surface area contributed by atoms with Crippen LogP contribution in [0.25, 0.3) is 0 Å². The summed E-state index contributed by atoms with van der Waals surface area (Å²) in [5, 5.41) is 12.7. The monoisotopic (exact) mass is 269 g/mol. The van der Waals surface area contributed by atoms with Crippen LogP contribution in [0.5, 0.6) is 0 Å². The highest BCUT2D eigenvalue weighted by Gasteiger charge is 2.07. The van der Waals surface area contributed by atoms with Crippen molar-refractivity contribution in [1.29, 1.82) is 0 Å². The lowest BCUT2D eigenvalue weighted by Gasteiger charge is -2.00. The number of hydrogen-bond acceptors (Lipinski definition) is 4. The van der Waals surface area contributed by atoms with E-state index < -0.39 is 11.9 Å². The predicted molar refractivity (Wildman–Crippen MR) is 72.7 cm³/mol. The maximum atomic E-state index is 11.7. The van der Waals surface area contributed by atoms with Gasteiger partial charge in [-0.25, -0.2) is 10.2 Å². The molecule has 100 valence electrons. The summed E-state index contributed by atoms with van der Waals surface area (Å²) in [6.45, 7) is 0. The zero-order valence-electron chi connectivity index (χ0n) is 10.4. The van der Waals surface area contributed by atoms with E-state index in [1.165, 1.54) is 18.5 Å². The van der Waals surface area contributed by atoms with Crippen molar-refractivity contribution in [3.05, 3.63) is 65.5 Å². The van der Waals surface area contributed by atoms with E-state index in [0.717, 1.165) is 0 Å². The average Bonchev–Trinajstić information content (AvgIpc) is 2.48. The second-order valence-corrected chi connectivity index (χ2v) is 3.83. The third kappa shape index (κ3) is 3.26. The van der Waals surface area contributed by atoms with Crippen LogP contribution >= 0.6 is 0 Å². The lowest BCUT2D eigenvalue weighted by Crippen LogP contribution is -2.17. The third-order valence-electron chi connectivity index (χ3n) is 2.48. The summed E-state index contributed by atoms with van der Waals surface area (Å²) in [4.78, 5) is 26.5. The van der Waals surface area contributed by atoms with E-state index in [2.05, 4.69) is 15.5 Å². The molecule has 0 bridgehead atoms. The molecule has 2 N–H and O–H groups in total. The van der Waals surface area contributed by atoms with Crippen LogP contribution in [-0.2, 0) is 0 Å². The van der Waals surface area contributed by atoms with Crippen LogP contribution in [0.15, 0.2) is 53.9 Å². The first-order valence-corrected chi connectivity index (χ1v) is 5.74. The standard InChI is InChI=1S/C14H11N3O3/c18-13(11-5-3-7-15-8-11)17-16-9-10-4-1-2-6-12(10)14(19)20/h1-9H,(H,17,18)(H,19,20). The van der Waals surface area contributed by atoms with Crippen molar-refractivity contribution < 1.29 is 14.7 Å². The fourth-order valence-corrected chi connectivity index (χ4v) is 1.53. The molecule has 0 aliphatic rings. The molecule has 0 aliphatic carbocycles. The zero-order chi connectivity index (χ0) is 14.4. The van der Waals surface area contributed by atoms with E-state index in [1.807, 2.05) is 0 Å². The lowest BCUT2D eigenvalue weighted by atomic mass is 10.1. The van der Waals surface area contributed by atoms with Gasteiger partial charge in [-0.3, -0.25) is 9.78 Å². The van der Waals surface area contributed by atoms with Crippen molar-refractivity contribution in [3.63, 3.8) is 0 Å². The zero-order valence-corrected chi connectivity index (χ0v) is 10.4. The highest BCUT2D eigenvalue weighted by molar-refractivity contribution is 5.99. The Balaban J connectivity index is 2.08. The Morgan fingerprint density at radius 3 is 2.70 bits per heavy atom. The summed E-state index contributed by atoms with van der Waals surface area (Å²) < 4.78 is 0. The summed E-state index contributed by atoms with van der Waals surface area (Å²) in [5.41, 5.74) is 3.21. The minimum Gasteiger partial charge on any atom is -0.478 e. The van der Waals surface area contributed by atoms with E-state index in [4.69, 9.17) is 5.11 Å². The summed E-state index contributed by atoms with van der Waals surface area (Å²) in [6, 6.07) is 9.61. The fourth-order valence-electron chi connectivity index (χ4n) is 1.53. The van der Waals surface area contributed by atoms with Gasteiger partial charge in [0.2, 0.25) is 0 Å². The first-order chi connectivity index (χ1) is 9.68. The molecule has 0 radical (unpaired) electrons. The van der Waals surface area contributed by atoms with Crippen molar-refractivity contribution in [2.45, 2.75) is 0 Å². The Bertz CT molecular complexity index is 654. The van der Waals surface area contributed by atoms with E-state index in [9.17, 15) is 9.59 Å².